The molecule has 11 heteroatoms. The minimum atomic E-state index is -5.03. The van der Waals surface area contributed by atoms with Crippen LogP contribution in [0.5, 0.6) is 0 Å². The highest BCUT2D eigenvalue weighted by molar-refractivity contribution is 5.94. The van der Waals surface area contributed by atoms with E-state index in [0.29, 0.717) is 23.3 Å². The van der Waals surface area contributed by atoms with Crippen molar-refractivity contribution in [1.29, 1.82) is 0 Å². The third-order valence-corrected chi connectivity index (χ3v) is 4.14. The zero-order chi connectivity index (χ0) is 22.1. The number of hydrogen-bond donors (Lipinski definition) is 1. The van der Waals surface area contributed by atoms with Crippen LogP contribution in [0.2, 0.25) is 0 Å². The number of alkyl halides is 6. The molecule has 0 atom stereocenters. The van der Waals surface area contributed by atoms with Crippen LogP contribution in [-0.4, -0.2) is 20.7 Å². The van der Waals surface area contributed by atoms with Gasteiger partial charge in [-0.3, -0.25) is 14.5 Å². The maximum absolute atomic E-state index is 12.9. The van der Waals surface area contributed by atoms with Gasteiger partial charge in [0.25, 0.3) is 5.91 Å². The fourth-order valence-electron chi connectivity index (χ4n) is 2.68. The van der Waals surface area contributed by atoms with E-state index in [0.717, 1.165) is 5.56 Å². The van der Waals surface area contributed by atoms with Crippen LogP contribution < -0.4 is 5.32 Å². The van der Waals surface area contributed by atoms with Crippen molar-refractivity contribution < 1.29 is 31.1 Å². The zero-order valence-electron chi connectivity index (χ0n) is 15.3. The minimum Gasteiger partial charge on any atom is -0.348 e. The fourth-order valence-corrected chi connectivity index (χ4v) is 2.68. The minimum absolute atomic E-state index is 0.0297. The summed E-state index contributed by atoms with van der Waals surface area (Å²) in [5, 5.41) is 6.35. The zero-order valence-corrected chi connectivity index (χ0v) is 15.3. The molecule has 2 heterocycles. The average Bonchev–Trinajstić information content (AvgIpc) is 3.11. The number of halogens is 6. The Morgan fingerprint density at radius 2 is 1.57 bits per heavy atom. The van der Waals surface area contributed by atoms with Crippen LogP contribution >= 0.6 is 0 Å². The van der Waals surface area contributed by atoms with E-state index in [1.165, 1.54) is 6.20 Å². The lowest BCUT2D eigenvalue weighted by Crippen LogP contribution is -2.24. The summed E-state index contributed by atoms with van der Waals surface area (Å²) in [6.07, 6.45) is -3.74. The van der Waals surface area contributed by atoms with Crippen molar-refractivity contribution in [2.24, 2.45) is 7.05 Å². The number of carbonyl (C=O) groups excluding carboxylic acids is 1. The number of aryl methyl sites for hydroxylation is 1. The van der Waals surface area contributed by atoms with E-state index in [4.69, 9.17) is 0 Å². The molecule has 0 aliphatic carbocycles. The number of nitrogens with one attached hydrogen (secondary N) is 1. The summed E-state index contributed by atoms with van der Waals surface area (Å²) in [6, 6.07) is 2.42. The van der Waals surface area contributed by atoms with Crippen molar-refractivity contribution in [3.05, 3.63) is 71.3 Å². The molecule has 0 spiro atoms. The topological polar surface area (TPSA) is 59.8 Å². The van der Waals surface area contributed by atoms with E-state index in [1.807, 2.05) is 0 Å². The van der Waals surface area contributed by atoms with E-state index in [1.54, 1.807) is 36.4 Å². The molecular weight excluding hydrogens is 414 g/mol. The number of aromatic nitrogens is 3. The molecule has 0 aliphatic heterocycles. The first-order chi connectivity index (χ1) is 13.9. The Balaban J connectivity index is 1.81. The van der Waals surface area contributed by atoms with Gasteiger partial charge >= 0.3 is 12.4 Å². The fraction of sp³-hybridized carbons (Fsp3) is 0.211. The molecule has 0 unspecified atom stereocenters. The van der Waals surface area contributed by atoms with E-state index in [2.05, 4.69) is 15.4 Å². The molecule has 3 rings (SSSR count). The molecule has 158 valence electrons. The number of pyridine rings is 1. The molecule has 3 aromatic rings. The van der Waals surface area contributed by atoms with Crippen molar-refractivity contribution in [2.75, 3.05) is 0 Å². The lowest BCUT2D eigenvalue weighted by Gasteiger charge is -2.14. The summed E-state index contributed by atoms with van der Waals surface area (Å²) < 4.78 is 79.2. The van der Waals surface area contributed by atoms with Crippen LogP contribution in [0.25, 0.3) is 11.1 Å². The van der Waals surface area contributed by atoms with Crippen LogP contribution in [0.4, 0.5) is 26.3 Å². The van der Waals surface area contributed by atoms with Gasteiger partial charge in [0.2, 0.25) is 0 Å². The van der Waals surface area contributed by atoms with Crippen LogP contribution in [0.1, 0.15) is 27.0 Å². The Bertz CT molecular complexity index is 1040. The van der Waals surface area contributed by atoms with Gasteiger partial charge in [-0.05, 0) is 29.8 Å². The van der Waals surface area contributed by atoms with Crippen LogP contribution in [0.3, 0.4) is 0 Å². The van der Waals surface area contributed by atoms with Gasteiger partial charge < -0.3 is 5.32 Å². The summed E-state index contributed by atoms with van der Waals surface area (Å²) in [7, 11) is 1.73. The van der Waals surface area contributed by atoms with Crippen molar-refractivity contribution in [1.82, 2.24) is 20.1 Å². The van der Waals surface area contributed by atoms with E-state index >= 15 is 0 Å². The van der Waals surface area contributed by atoms with E-state index in [9.17, 15) is 31.1 Å². The molecule has 0 aliphatic rings. The molecule has 1 amide bonds. The third kappa shape index (κ3) is 4.97. The van der Waals surface area contributed by atoms with Crippen molar-refractivity contribution in [2.45, 2.75) is 18.9 Å². The summed E-state index contributed by atoms with van der Waals surface area (Å²) in [6.45, 7) is -0.141. The standard InChI is InChI=1S/C19H14F6N4O/c1-29-10-14(9-28-29)13-2-11(6-26-8-13)7-27-17(30)12-3-15(18(20,21)22)5-16(4-12)19(23,24)25/h2-6,8-10H,7H2,1H3,(H,27,30). The second kappa shape index (κ2) is 7.81. The quantitative estimate of drug-likeness (QED) is 0.625. The molecule has 0 saturated carbocycles. The first-order valence-electron chi connectivity index (χ1n) is 8.44. The second-order valence-electron chi connectivity index (χ2n) is 6.46. The lowest BCUT2D eigenvalue weighted by atomic mass is 10.0. The van der Waals surface area contributed by atoms with Crippen molar-refractivity contribution >= 4 is 5.91 Å². The Morgan fingerprint density at radius 1 is 0.933 bits per heavy atom. The first-order valence-corrected chi connectivity index (χ1v) is 8.44. The van der Waals surface area contributed by atoms with Gasteiger partial charge in [0.05, 0.1) is 17.3 Å². The largest absolute Gasteiger partial charge is 0.416 e. The molecular formula is C19H14F6N4O. The molecule has 0 radical (unpaired) electrons. The van der Waals surface area contributed by atoms with E-state index < -0.39 is 35.0 Å². The van der Waals surface area contributed by atoms with Gasteiger partial charge in [0, 0.05) is 48.9 Å². The van der Waals surface area contributed by atoms with Gasteiger partial charge in [-0.2, -0.15) is 31.4 Å². The smallest absolute Gasteiger partial charge is 0.348 e. The van der Waals surface area contributed by atoms with E-state index in [-0.39, 0.29) is 12.6 Å². The monoisotopic (exact) mass is 428 g/mol. The number of benzene rings is 1. The summed E-state index contributed by atoms with van der Waals surface area (Å²) in [5.74, 6) is -1.07. The Morgan fingerprint density at radius 3 is 2.10 bits per heavy atom. The summed E-state index contributed by atoms with van der Waals surface area (Å²) >= 11 is 0. The van der Waals surface area contributed by atoms with Gasteiger partial charge in [-0.15, -0.1) is 0 Å². The summed E-state index contributed by atoms with van der Waals surface area (Å²) in [4.78, 5) is 16.3. The van der Waals surface area contributed by atoms with Crippen LogP contribution in [0.15, 0.2) is 49.1 Å². The first kappa shape index (κ1) is 21.3. The molecule has 0 bridgehead atoms. The predicted molar refractivity (Wildman–Crippen MR) is 94.1 cm³/mol. The summed E-state index contributed by atoms with van der Waals surface area (Å²) in [5.41, 5.74) is -1.90. The average molecular weight is 428 g/mol. The number of hydrogen-bond acceptors (Lipinski definition) is 3. The highest BCUT2D eigenvalue weighted by Gasteiger charge is 2.37. The maximum Gasteiger partial charge on any atom is 0.416 e. The number of nitrogens with zero attached hydrogens (tertiary/aromatic N) is 3. The third-order valence-electron chi connectivity index (χ3n) is 4.14. The SMILES string of the molecule is Cn1cc(-c2cncc(CNC(=O)c3cc(C(F)(F)F)cc(C(F)(F)F)c3)c2)cn1. The Labute approximate surface area is 166 Å². The molecule has 0 fully saturated rings. The normalized spacial score (nSPS) is 12.1. The maximum atomic E-state index is 12.9. The van der Waals surface area contributed by atoms with Crippen LogP contribution in [0, 0.1) is 0 Å². The lowest BCUT2D eigenvalue weighted by molar-refractivity contribution is -0.143. The second-order valence-corrected chi connectivity index (χ2v) is 6.46. The molecule has 2 aromatic heterocycles. The predicted octanol–water partition coefficient (Wildman–Crippen LogP) is 4.45. The molecule has 5 nitrogen and oxygen atoms in total. The van der Waals surface area contributed by atoms with Gasteiger partial charge in [-0.1, -0.05) is 0 Å². The van der Waals surface area contributed by atoms with Gasteiger partial charge in [0.15, 0.2) is 0 Å². The van der Waals surface area contributed by atoms with Crippen LogP contribution in [-0.2, 0) is 25.9 Å². The number of amides is 1. The van der Waals surface area contributed by atoms with Gasteiger partial charge in [0.1, 0.15) is 0 Å². The number of carbonyl (C=O) groups is 1. The molecule has 0 saturated heterocycles. The highest BCUT2D eigenvalue weighted by atomic mass is 19.4. The van der Waals surface area contributed by atoms with Crippen molar-refractivity contribution in [3.63, 3.8) is 0 Å². The Hall–Kier alpha value is -3.37. The Kier molecular flexibility index (Phi) is 5.55. The highest BCUT2D eigenvalue weighted by Crippen LogP contribution is 2.36. The molecule has 30 heavy (non-hydrogen) atoms. The number of rotatable bonds is 4. The molecule has 1 aromatic carbocycles. The molecule has 1 N–H and O–H groups in total. The van der Waals surface area contributed by atoms with Crippen molar-refractivity contribution in [3.8, 4) is 11.1 Å². The van der Waals surface area contributed by atoms with Gasteiger partial charge in [-0.25, -0.2) is 0 Å².